The first-order valence-electron chi connectivity index (χ1n) is 5.31. The molecule has 1 aromatic carbocycles. The van der Waals surface area contributed by atoms with Crippen molar-refractivity contribution in [1.82, 2.24) is 10.6 Å². The predicted molar refractivity (Wildman–Crippen MR) is 64.5 cm³/mol. The van der Waals surface area contributed by atoms with Crippen LogP contribution in [0.15, 0.2) is 30.3 Å². The van der Waals surface area contributed by atoms with Gasteiger partial charge in [0, 0.05) is 0 Å². The van der Waals surface area contributed by atoms with Crippen molar-refractivity contribution < 1.29 is 22.8 Å². The highest BCUT2D eigenvalue weighted by atomic mass is 32.2. The summed E-state index contributed by atoms with van der Waals surface area (Å²) in [5.41, 5.74) is 0.458. The Kier molecular flexibility index (Phi) is 3.34. The number of rotatable bonds is 3. The maximum atomic E-state index is 12.0. The van der Waals surface area contributed by atoms with Crippen molar-refractivity contribution >= 4 is 27.7 Å². The molecule has 0 aromatic heterocycles. The molecular formula is C11H10N2O5S. The lowest BCUT2D eigenvalue weighted by molar-refractivity contribution is -0.129. The average molecular weight is 282 g/mol. The van der Waals surface area contributed by atoms with E-state index in [2.05, 4.69) is 0 Å². The van der Waals surface area contributed by atoms with Crippen LogP contribution in [0.5, 0.6) is 0 Å². The maximum Gasteiger partial charge on any atom is 0.328 e. The maximum absolute atomic E-state index is 12.0. The molecule has 0 atom stereocenters. The number of urea groups is 1. The SMILES string of the molecule is O=C1NC(=O)C(S(=O)(=O)Cc2ccccc2)C(=O)N1. The second kappa shape index (κ2) is 4.81. The fourth-order valence-electron chi connectivity index (χ4n) is 1.72. The van der Waals surface area contributed by atoms with Crippen molar-refractivity contribution in [3.63, 3.8) is 0 Å². The first-order chi connectivity index (χ1) is 8.90. The van der Waals surface area contributed by atoms with Gasteiger partial charge >= 0.3 is 6.03 Å². The minimum absolute atomic E-state index is 0.451. The standard InChI is InChI=1S/C11H10N2O5S/c14-9-8(10(15)13-11(16)12-9)19(17,18)6-7-4-2-1-3-5-7/h1-5,8H,6H2,(H2,12,13,14,15,16). The van der Waals surface area contributed by atoms with Gasteiger partial charge in [-0.2, -0.15) is 0 Å². The van der Waals surface area contributed by atoms with Crippen LogP contribution in [0.25, 0.3) is 0 Å². The van der Waals surface area contributed by atoms with Crippen LogP contribution in [0.2, 0.25) is 0 Å². The smallest absolute Gasteiger partial charge is 0.276 e. The van der Waals surface area contributed by atoms with Crippen LogP contribution >= 0.6 is 0 Å². The number of carbonyl (C=O) groups is 3. The number of benzene rings is 1. The molecule has 0 aliphatic carbocycles. The topological polar surface area (TPSA) is 109 Å². The minimum Gasteiger partial charge on any atom is -0.276 e. The van der Waals surface area contributed by atoms with E-state index in [4.69, 9.17) is 0 Å². The Hall–Kier alpha value is -2.22. The summed E-state index contributed by atoms with van der Waals surface area (Å²) in [6, 6.07) is 7.14. The molecule has 19 heavy (non-hydrogen) atoms. The first kappa shape index (κ1) is 13.2. The van der Waals surface area contributed by atoms with Gasteiger partial charge in [0.2, 0.25) is 5.25 Å². The summed E-state index contributed by atoms with van der Waals surface area (Å²) < 4.78 is 24.1. The molecule has 2 rings (SSSR count). The van der Waals surface area contributed by atoms with Crippen LogP contribution < -0.4 is 10.6 Å². The van der Waals surface area contributed by atoms with E-state index in [0.29, 0.717) is 5.56 Å². The van der Waals surface area contributed by atoms with Crippen molar-refractivity contribution in [3.8, 4) is 0 Å². The number of nitrogens with one attached hydrogen (secondary N) is 2. The molecule has 7 nitrogen and oxygen atoms in total. The lowest BCUT2D eigenvalue weighted by Gasteiger charge is -2.20. The van der Waals surface area contributed by atoms with Gasteiger partial charge in [0.25, 0.3) is 11.8 Å². The minimum atomic E-state index is -4.03. The van der Waals surface area contributed by atoms with E-state index in [1.165, 1.54) is 0 Å². The van der Waals surface area contributed by atoms with E-state index >= 15 is 0 Å². The quantitative estimate of drug-likeness (QED) is 0.715. The van der Waals surface area contributed by atoms with Gasteiger partial charge < -0.3 is 0 Å². The summed E-state index contributed by atoms with van der Waals surface area (Å²) in [6.07, 6.45) is 0. The van der Waals surface area contributed by atoms with Crippen LogP contribution in [0.4, 0.5) is 4.79 Å². The van der Waals surface area contributed by atoms with Gasteiger partial charge in [-0.1, -0.05) is 30.3 Å². The van der Waals surface area contributed by atoms with E-state index in [9.17, 15) is 22.8 Å². The second-order valence-electron chi connectivity index (χ2n) is 3.98. The number of hydrogen-bond donors (Lipinski definition) is 2. The lowest BCUT2D eigenvalue weighted by Crippen LogP contribution is -2.61. The number of carbonyl (C=O) groups excluding carboxylic acids is 3. The molecule has 1 aliphatic heterocycles. The van der Waals surface area contributed by atoms with E-state index in [-0.39, 0.29) is 0 Å². The van der Waals surface area contributed by atoms with E-state index in [1.54, 1.807) is 41.0 Å². The van der Waals surface area contributed by atoms with Crippen LogP contribution in [-0.2, 0) is 25.2 Å². The van der Waals surface area contributed by atoms with Crippen molar-refractivity contribution in [2.45, 2.75) is 11.0 Å². The van der Waals surface area contributed by atoms with E-state index in [1.807, 2.05) is 0 Å². The molecule has 2 N–H and O–H groups in total. The summed E-state index contributed by atoms with van der Waals surface area (Å²) in [5, 5.41) is 1.63. The summed E-state index contributed by atoms with van der Waals surface area (Å²) in [4.78, 5) is 33.8. The molecule has 1 saturated heterocycles. The third kappa shape index (κ3) is 2.79. The summed E-state index contributed by atoms with van der Waals surface area (Å²) >= 11 is 0. The zero-order chi connectivity index (χ0) is 14.0. The Morgan fingerprint density at radius 3 is 2.00 bits per heavy atom. The summed E-state index contributed by atoms with van der Waals surface area (Å²) in [7, 11) is -4.03. The molecule has 0 unspecified atom stereocenters. The highest BCUT2D eigenvalue weighted by Crippen LogP contribution is 2.13. The molecule has 0 spiro atoms. The van der Waals surface area contributed by atoms with Crippen molar-refractivity contribution in [1.29, 1.82) is 0 Å². The highest BCUT2D eigenvalue weighted by Gasteiger charge is 2.43. The predicted octanol–water partition coefficient (Wildman–Crippen LogP) is -0.664. The first-order valence-corrected chi connectivity index (χ1v) is 7.03. The molecule has 4 amide bonds. The third-order valence-electron chi connectivity index (χ3n) is 2.52. The average Bonchev–Trinajstić information content (AvgIpc) is 2.27. The normalized spacial score (nSPS) is 16.9. The van der Waals surface area contributed by atoms with Crippen molar-refractivity contribution in [3.05, 3.63) is 35.9 Å². The Morgan fingerprint density at radius 2 is 1.47 bits per heavy atom. The van der Waals surface area contributed by atoms with Gasteiger partial charge in [-0.25, -0.2) is 13.2 Å². The molecule has 0 radical (unpaired) electrons. The number of amides is 4. The van der Waals surface area contributed by atoms with Crippen molar-refractivity contribution in [2.24, 2.45) is 0 Å². The number of sulfone groups is 1. The molecule has 1 fully saturated rings. The molecular weight excluding hydrogens is 272 g/mol. The number of hydrogen-bond acceptors (Lipinski definition) is 5. The lowest BCUT2D eigenvalue weighted by atomic mass is 10.2. The summed E-state index contributed by atoms with van der Waals surface area (Å²) in [6.45, 7) is 0. The molecule has 8 heteroatoms. The number of imide groups is 2. The summed E-state index contributed by atoms with van der Waals surface area (Å²) in [5.74, 6) is -2.69. The van der Waals surface area contributed by atoms with Crippen LogP contribution in [-0.4, -0.2) is 31.5 Å². The Bertz CT molecular complexity index is 618. The largest absolute Gasteiger partial charge is 0.328 e. The van der Waals surface area contributed by atoms with Gasteiger partial charge in [-0.3, -0.25) is 20.2 Å². The second-order valence-corrected chi connectivity index (χ2v) is 6.07. The fraction of sp³-hybridized carbons (Fsp3) is 0.182. The Labute approximate surface area is 108 Å². The van der Waals surface area contributed by atoms with Gasteiger partial charge in [-0.15, -0.1) is 0 Å². The zero-order valence-corrected chi connectivity index (χ0v) is 10.4. The van der Waals surface area contributed by atoms with Crippen molar-refractivity contribution in [2.75, 3.05) is 0 Å². The number of barbiturate groups is 1. The van der Waals surface area contributed by atoms with Gasteiger partial charge in [0.15, 0.2) is 9.84 Å². The molecule has 0 saturated carbocycles. The van der Waals surface area contributed by atoms with Gasteiger partial charge in [0.05, 0.1) is 5.75 Å². The fourth-order valence-corrected chi connectivity index (χ4v) is 3.32. The molecule has 1 aromatic rings. The van der Waals surface area contributed by atoms with Crippen LogP contribution in [0.3, 0.4) is 0 Å². The van der Waals surface area contributed by atoms with Crippen LogP contribution in [0, 0.1) is 0 Å². The van der Waals surface area contributed by atoms with Gasteiger partial charge in [-0.05, 0) is 5.56 Å². The molecule has 1 aliphatic rings. The molecule has 100 valence electrons. The highest BCUT2D eigenvalue weighted by molar-refractivity contribution is 7.92. The molecule has 0 bridgehead atoms. The monoisotopic (exact) mass is 282 g/mol. The third-order valence-corrected chi connectivity index (χ3v) is 4.40. The van der Waals surface area contributed by atoms with E-state index < -0.39 is 38.7 Å². The molecule has 1 heterocycles. The Morgan fingerprint density at radius 1 is 0.947 bits per heavy atom. The zero-order valence-electron chi connectivity index (χ0n) is 9.62. The van der Waals surface area contributed by atoms with Crippen LogP contribution in [0.1, 0.15) is 5.56 Å². The Balaban J connectivity index is 2.27. The van der Waals surface area contributed by atoms with Gasteiger partial charge in [0.1, 0.15) is 0 Å². The van der Waals surface area contributed by atoms with E-state index in [0.717, 1.165) is 0 Å².